The Morgan fingerprint density at radius 2 is 2.00 bits per heavy atom. The van der Waals surface area contributed by atoms with Gasteiger partial charge in [0.05, 0.1) is 6.10 Å². The predicted octanol–water partition coefficient (Wildman–Crippen LogP) is 2.46. The molecule has 0 aliphatic heterocycles. The molecule has 0 bridgehead atoms. The van der Waals surface area contributed by atoms with Crippen LogP contribution in [0.15, 0.2) is 30.3 Å². The molecule has 1 aliphatic carbocycles. The number of aliphatic hydroxyl groups excluding tert-OH is 1. The highest BCUT2D eigenvalue weighted by Crippen LogP contribution is 2.39. The summed E-state index contributed by atoms with van der Waals surface area (Å²) in [6.45, 7) is 0. The molecule has 0 radical (unpaired) electrons. The van der Waals surface area contributed by atoms with Gasteiger partial charge in [-0.2, -0.15) is 0 Å². The highest BCUT2D eigenvalue weighted by Gasteiger charge is 2.41. The van der Waals surface area contributed by atoms with Crippen LogP contribution in [0.4, 0.5) is 0 Å². The van der Waals surface area contributed by atoms with E-state index in [1.54, 1.807) is 7.11 Å². The minimum atomic E-state index is -0.473. The molecule has 0 saturated heterocycles. The first-order valence-electron chi connectivity index (χ1n) is 5.58. The zero-order chi connectivity index (χ0) is 10.7. The van der Waals surface area contributed by atoms with Crippen LogP contribution in [0, 0.1) is 0 Å². The van der Waals surface area contributed by atoms with Crippen molar-refractivity contribution in [2.45, 2.75) is 37.4 Å². The van der Waals surface area contributed by atoms with Gasteiger partial charge in [-0.1, -0.05) is 43.2 Å². The Morgan fingerprint density at radius 1 is 1.27 bits per heavy atom. The molecular weight excluding hydrogens is 188 g/mol. The van der Waals surface area contributed by atoms with Crippen molar-refractivity contribution in [1.82, 2.24) is 0 Å². The summed E-state index contributed by atoms with van der Waals surface area (Å²) in [5.41, 5.74) is 0.624. The molecule has 0 spiro atoms. The van der Waals surface area contributed by atoms with Crippen LogP contribution in [0.2, 0.25) is 0 Å². The van der Waals surface area contributed by atoms with Crippen LogP contribution in [-0.4, -0.2) is 18.3 Å². The fourth-order valence-electron chi connectivity index (χ4n) is 2.54. The lowest BCUT2D eigenvalue weighted by atomic mass is 9.77. The lowest BCUT2D eigenvalue weighted by molar-refractivity contribution is -0.131. The molecule has 1 N–H and O–H groups in total. The smallest absolute Gasteiger partial charge is 0.118 e. The van der Waals surface area contributed by atoms with Crippen LogP contribution >= 0.6 is 0 Å². The predicted molar refractivity (Wildman–Crippen MR) is 59.6 cm³/mol. The van der Waals surface area contributed by atoms with Crippen LogP contribution in [0.25, 0.3) is 0 Å². The minimum Gasteiger partial charge on any atom is -0.390 e. The molecule has 0 heterocycles. The number of rotatable bonds is 2. The first-order chi connectivity index (χ1) is 7.29. The summed E-state index contributed by atoms with van der Waals surface area (Å²) in [7, 11) is 1.70. The summed E-state index contributed by atoms with van der Waals surface area (Å²) in [4.78, 5) is 0. The monoisotopic (exact) mass is 206 g/mol. The van der Waals surface area contributed by atoms with E-state index in [2.05, 4.69) is 0 Å². The van der Waals surface area contributed by atoms with Crippen molar-refractivity contribution in [1.29, 1.82) is 0 Å². The van der Waals surface area contributed by atoms with E-state index in [0.717, 1.165) is 31.2 Å². The molecular formula is C13H18O2. The molecule has 15 heavy (non-hydrogen) atoms. The van der Waals surface area contributed by atoms with E-state index in [0.29, 0.717) is 0 Å². The molecule has 2 rings (SSSR count). The van der Waals surface area contributed by atoms with Gasteiger partial charge in [-0.15, -0.1) is 0 Å². The number of hydrogen-bond acceptors (Lipinski definition) is 2. The summed E-state index contributed by atoms with van der Waals surface area (Å²) in [6, 6.07) is 10.1. The van der Waals surface area contributed by atoms with E-state index in [1.165, 1.54) is 0 Å². The summed E-state index contributed by atoms with van der Waals surface area (Å²) in [5.74, 6) is 0. The van der Waals surface area contributed by atoms with E-state index < -0.39 is 5.60 Å². The van der Waals surface area contributed by atoms with E-state index >= 15 is 0 Å². The Labute approximate surface area is 90.9 Å². The van der Waals surface area contributed by atoms with Crippen molar-refractivity contribution in [3.63, 3.8) is 0 Å². The largest absolute Gasteiger partial charge is 0.390 e. The second-order valence-electron chi connectivity index (χ2n) is 4.22. The standard InChI is InChI=1S/C13H18O2/c1-15-13(10-6-5-9-12(13)14)11-7-3-2-4-8-11/h2-4,7-8,12,14H,5-6,9-10H2,1H3/t12-,13-/m0/s1. The maximum Gasteiger partial charge on any atom is 0.118 e. The number of ether oxygens (including phenoxy) is 1. The van der Waals surface area contributed by atoms with Crippen LogP contribution in [-0.2, 0) is 10.3 Å². The Balaban J connectivity index is 2.35. The molecule has 2 heteroatoms. The summed E-state index contributed by atoms with van der Waals surface area (Å²) in [6.07, 6.45) is 3.59. The molecule has 82 valence electrons. The van der Waals surface area contributed by atoms with Gasteiger partial charge in [0.15, 0.2) is 0 Å². The summed E-state index contributed by atoms with van der Waals surface area (Å²) >= 11 is 0. The van der Waals surface area contributed by atoms with Crippen molar-refractivity contribution in [3.05, 3.63) is 35.9 Å². The third-order valence-electron chi connectivity index (χ3n) is 3.44. The van der Waals surface area contributed by atoms with Crippen molar-refractivity contribution >= 4 is 0 Å². The summed E-state index contributed by atoms with van der Waals surface area (Å²) < 4.78 is 5.63. The third kappa shape index (κ3) is 1.80. The Bertz CT molecular complexity index is 310. The number of methoxy groups -OCH3 is 1. The second-order valence-corrected chi connectivity index (χ2v) is 4.22. The molecule has 1 aromatic carbocycles. The molecule has 1 saturated carbocycles. The maximum atomic E-state index is 10.1. The lowest BCUT2D eigenvalue weighted by Crippen LogP contribution is -2.43. The van der Waals surface area contributed by atoms with E-state index in [-0.39, 0.29) is 6.10 Å². The molecule has 2 nitrogen and oxygen atoms in total. The summed E-state index contributed by atoms with van der Waals surface area (Å²) in [5, 5.41) is 10.1. The maximum absolute atomic E-state index is 10.1. The van der Waals surface area contributed by atoms with Gasteiger partial charge in [0.25, 0.3) is 0 Å². The van der Waals surface area contributed by atoms with Gasteiger partial charge in [-0.05, 0) is 18.4 Å². The minimum absolute atomic E-state index is 0.376. The van der Waals surface area contributed by atoms with Crippen molar-refractivity contribution < 1.29 is 9.84 Å². The Hall–Kier alpha value is -0.860. The zero-order valence-corrected chi connectivity index (χ0v) is 9.15. The van der Waals surface area contributed by atoms with E-state index in [1.807, 2.05) is 30.3 Å². The van der Waals surface area contributed by atoms with Gasteiger partial charge < -0.3 is 9.84 Å². The van der Waals surface area contributed by atoms with Gasteiger partial charge in [0.2, 0.25) is 0 Å². The average Bonchev–Trinajstić information content (AvgIpc) is 2.31. The fourth-order valence-corrected chi connectivity index (χ4v) is 2.54. The molecule has 0 unspecified atom stereocenters. The average molecular weight is 206 g/mol. The number of aliphatic hydroxyl groups is 1. The second kappa shape index (κ2) is 4.33. The van der Waals surface area contributed by atoms with Gasteiger partial charge in [0, 0.05) is 7.11 Å². The van der Waals surface area contributed by atoms with Crippen molar-refractivity contribution in [2.75, 3.05) is 7.11 Å². The molecule has 2 atom stereocenters. The molecule has 0 amide bonds. The van der Waals surface area contributed by atoms with E-state index in [9.17, 15) is 5.11 Å². The molecule has 1 fully saturated rings. The third-order valence-corrected chi connectivity index (χ3v) is 3.44. The van der Waals surface area contributed by atoms with Gasteiger partial charge >= 0.3 is 0 Å². The van der Waals surface area contributed by atoms with Gasteiger partial charge in [-0.25, -0.2) is 0 Å². The number of hydrogen-bond donors (Lipinski definition) is 1. The van der Waals surface area contributed by atoms with Crippen LogP contribution < -0.4 is 0 Å². The van der Waals surface area contributed by atoms with E-state index in [4.69, 9.17) is 4.74 Å². The first kappa shape index (κ1) is 10.7. The topological polar surface area (TPSA) is 29.5 Å². The molecule has 0 aromatic heterocycles. The van der Waals surface area contributed by atoms with Crippen molar-refractivity contribution in [2.24, 2.45) is 0 Å². The molecule has 1 aromatic rings. The Morgan fingerprint density at radius 3 is 2.60 bits per heavy atom. The van der Waals surface area contributed by atoms with Crippen LogP contribution in [0.3, 0.4) is 0 Å². The molecule has 1 aliphatic rings. The quantitative estimate of drug-likeness (QED) is 0.805. The van der Waals surface area contributed by atoms with Crippen molar-refractivity contribution in [3.8, 4) is 0 Å². The fraction of sp³-hybridized carbons (Fsp3) is 0.538. The highest BCUT2D eigenvalue weighted by molar-refractivity contribution is 5.24. The van der Waals surface area contributed by atoms with Crippen LogP contribution in [0.1, 0.15) is 31.2 Å². The zero-order valence-electron chi connectivity index (χ0n) is 9.15. The van der Waals surface area contributed by atoms with Gasteiger partial charge in [0.1, 0.15) is 5.60 Å². The van der Waals surface area contributed by atoms with Gasteiger partial charge in [-0.3, -0.25) is 0 Å². The SMILES string of the molecule is CO[C@]1(c2ccccc2)CCCC[C@@H]1O. The highest BCUT2D eigenvalue weighted by atomic mass is 16.5. The lowest BCUT2D eigenvalue weighted by Gasteiger charge is -2.40. The Kier molecular flexibility index (Phi) is 3.08. The van der Waals surface area contributed by atoms with Crippen LogP contribution in [0.5, 0.6) is 0 Å². The first-order valence-corrected chi connectivity index (χ1v) is 5.58. The normalized spacial score (nSPS) is 31.5. The number of benzene rings is 1.